The summed E-state index contributed by atoms with van der Waals surface area (Å²) in [5, 5.41) is 0. The number of fused-ring (bicyclic) bond motifs is 2. The van der Waals surface area contributed by atoms with Crippen molar-refractivity contribution in [2.75, 3.05) is 0 Å². The standard InChI is InChI=1S/C17H28O2/c1-5-14-10-13-8-7-9-15(11-13)17(14,6-2)19-16(18)12(3)4/h13-15H,3,5-11H2,1-2,4H3. The van der Waals surface area contributed by atoms with Crippen LogP contribution in [0.15, 0.2) is 12.2 Å². The van der Waals surface area contributed by atoms with Crippen LogP contribution in [0.3, 0.4) is 0 Å². The minimum absolute atomic E-state index is 0.190. The highest BCUT2D eigenvalue weighted by molar-refractivity contribution is 5.87. The minimum atomic E-state index is -0.221. The van der Waals surface area contributed by atoms with E-state index in [1.54, 1.807) is 6.92 Å². The molecule has 0 aliphatic heterocycles. The summed E-state index contributed by atoms with van der Waals surface area (Å²) in [7, 11) is 0. The number of carbonyl (C=O) groups excluding carboxylic acids is 1. The molecule has 0 aromatic rings. The molecule has 2 aliphatic rings. The number of hydrogen-bond acceptors (Lipinski definition) is 2. The summed E-state index contributed by atoms with van der Waals surface area (Å²) < 4.78 is 6.04. The van der Waals surface area contributed by atoms with Crippen LogP contribution in [0, 0.1) is 17.8 Å². The first-order valence-electron chi connectivity index (χ1n) is 7.92. The van der Waals surface area contributed by atoms with E-state index >= 15 is 0 Å². The lowest BCUT2D eigenvalue weighted by molar-refractivity contribution is -0.186. The van der Waals surface area contributed by atoms with Gasteiger partial charge >= 0.3 is 5.97 Å². The molecule has 2 fully saturated rings. The molecule has 0 saturated heterocycles. The number of ether oxygens (including phenoxy) is 1. The Morgan fingerprint density at radius 1 is 1.32 bits per heavy atom. The largest absolute Gasteiger partial charge is 0.455 e. The van der Waals surface area contributed by atoms with Crippen molar-refractivity contribution in [3.8, 4) is 0 Å². The third kappa shape index (κ3) is 2.59. The van der Waals surface area contributed by atoms with E-state index in [1.807, 2.05) is 0 Å². The summed E-state index contributed by atoms with van der Waals surface area (Å²) in [6.45, 7) is 9.92. The second kappa shape index (κ2) is 5.68. The quantitative estimate of drug-likeness (QED) is 0.552. The van der Waals surface area contributed by atoms with Crippen molar-refractivity contribution in [3.63, 3.8) is 0 Å². The molecular formula is C17H28O2. The summed E-state index contributed by atoms with van der Waals surface area (Å²) in [5.74, 6) is 1.78. The summed E-state index contributed by atoms with van der Waals surface area (Å²) in [6, 6.07) is 0. The van der Waals surface area contributed by atoms with Gasteiger partial charge < -0.3 is 4.74 Å². The lowest BCUT2D eigenvalue weighted by Gasteiger charge is -2.53. The van der Waals surface area contributed by atoms with Crippen LogP contribution in [0.5, 0.6) is 0 Å². The Labute approximate surface area is 117 Å². The normalized spacial score (nSPS) is 37.7. The lowest BCUT2D eigenvalue weighted by Crippen LogP contribution is -2.54. The Bertz CT molecular complexity index is 356. The Balaban J connectivity index is 2.27. The molecule has 2 aliphatic carbocycles. The van der Waals surface area contributed by atoms with E-state index in [1.165, 1.54) is 32.1 Å². The zero-order chi connectivity index (χ0) is 14.0. The van der Waals surface area contributed by atoms with Crippen LogP contribution in [-0.2, 0) is 9.53 Å². The fourth-order valence-corrected chi connectivity index (χ4v) is 4.47. The highest BCUT2D eigenvalue weighted by Crippen LogP contribution is 2.52. The van der Waals surface area contributed by atoms with Crippen molar-refractivity contribution < 1.29 is 9.53 Å². The molecule has 2 bridgehead atoms. The molecule has 0 N–H and O–H groups in total. The van der Waals surface area contributed by atoms with E-state index in [2.05, 4.69) is 20.4 Å². The van der Waals surface area contributed by atoms with Gasteiger partial charge in [0.1, 0.15) is 5.60 Å². The summed E-state index contributed by atoms with van der Waals surface area (Å²) in [6.07, 6.45) is 8.47. The Morgan fingerprint density at radius 2 is 2.05 bits per heavy atom. The molecule has 0 heterocycles. The van der Waals surface area contributed by atoms with E-state index in [4.69, 9.17) is 4.74 Å². The van der Waals surface area contributed by atoms with Gasteiger partial charge in [-0.25, -0.2) is 4.79 Å². The highest BCUT2D eigenvalue weighted by atomic mass is 16.6. The Hall–Kier alpha value is -0.790. The SMILES string of the molecule is C=C(C)C(=O)OC1(CC)C(CC)CC2CCCC1C2. The fourth-order valence-electron chi connectivity index (χ4n) is 4.47. The van der Waals surface area contributed by atoms with Crippen LogP contribution in [0.4, 0.5) is 0 Å². The van der Waals surface area contributed by atoms with Gasteiger partial charge in [-0.2, -0.15) is 0 Å². The number of esters is 1. The third-order valence-electron chi connectivity index (χ3n) is 5.46. The maximum atomic E-state index is 12.1. The first kappa shape index (κ1) is 14.6. The van der Waals surface area contributed by atoms with Crippen molar-refractivity contribution in [1.29, 1.82) is 0 Å². The van der Waals surface area contributed by atoms with Gasteiger partial charge in [0.2, 0.25) is 0 Å². The molecule has 4 unspecified atom stereocenters. The van der Waals surface area contributed by atoms with Gasteiger partial charge in [0.25, 0.3) is 0 Å². The maximum absolute atomic E-state index is 12.1. The minimum Gasteiger partial charge on any atom is -0.455 e. The molecular weight excluding hydrogens is 236 g/mol. The van der Waals surface area contributed by atoms with E-state index in [0.717, 1.165) is 18.8 Å². The molecule has 2 nitrogen and oxygen atoms in total. The van der Waals surface area contributed by atoms with Crippen LogP contribution in [0.25, 0.3) is 0 Å². The number of hydrogen-bond donors (Lipinski definition) is 0. The first-order chi connectivity index (χ1) is 9.03. The number of carbonyl (C=O) groups is 1. The van der Waals surface area contributed by atoms with E-state index < -0.39 is 0 Å². The maximum Gasteiger partial charge on any atom is 0.333 e. The monoisotopic (exact) mass is 264 g/mol. The molecule has 19 heavy (non-hydrogen) atoms. The first-order valence-corrected chi connectivity index (χ1v) is 7.92. The van der Waals surface area contributed by atoms with Crippen molar-refractivity contribution in [1.82, 2.24) is 0 Å². The van der Waals surface area contributed by atoms with Gasteiger partial charge in [-0.15, -0.1) is 0 Å². The van der Waals surface area contributed by atoms with Crippen molar-refractivity contribution in [3.05, 3.63) is 12.2 Å². The van der Waals surface area contributed by atoms with E-state index in [0.29, 0.717) is 17.4 Å². The smallest absolute Gasteiger partial charge is 0.333 e. The van der Waals surface area contributed by atoms with Crippen molar-refractivity contribution in [2.24, 2.45) is 17.8 Å². The van der Waals surface area contributed by atoms with E-state index in [-0.39, 0.29) is 11.6 Å². The van der Waals surface area contributed by atoms with E-state index in [9.17, 15) is 4.79 Å². The van der Waals surface area contributed by atoms with Gasteiger partial charge in [-0.1, -0.05) is 33.3 Å². The molecule has 2 saturated carbocycles. The van der Waals surface area contributed by atoms with Crippen molar-refractivity contribution >= 4 is 5.97 Å². The molecule has 2 rings (SSSR count). The average molecular weight is 264 g/mol. The summed E-state index contributed by atoms with van der Waals surface area (Å²) >= 11 is 0. The average Bonchev–Trinajstić information content (AvgIpc) is 2.41. The third-order valence-corrected chi connectivity index (χ3v) is 5.46. The van der Waals surface area contributed by atoms with Crippen LogP contribution < -0.4 is 0 Å². The predicted octanol–water partition coefficient (Wildman–Crippen LogP) is 4.49. The zero-order valence-electron chi connectivity index (χ0n) is 12.7. The lowest BCUT2D eigenvalue weighted by atomic mass is 9.58. The van der Waals surface area contributed by atoms with Gasteiger partial charge in [0.15, 0.2) is 0 Å². The van der Waals surface area contributed by atoms with Crippen LogP contribution in [0.2, 0.25) is 0 Å². The summed E-state index contributed by atoms with van der Waals surface area (Å²) in [4.78, 5) is 12.1. The van der Waals surface area contributed by atoms with Gasteiger partial charge in [-0.05, 0) is 56.8 Å². The molecule has 0 spiro atoms. The number of rotatable bonds is 4. The molecule has 2 heteroatoms. The molecule has 4 atom stereocenters. The van der Waals surface area contributed by atoms with Crippen LogP contribution in [0.1, 0.15) is 65.7 Å². The Morgan fingerprint density at radius 3 is 2.63 bits per heavy atom. The van der Waals surface area contributed by atoms with Crippen LogP contribution in [-0.4, -0.2) is 11.6 Å². The second-order valence-electron chi connectivity index (χ2n) is 6.55. The highest BCUT2D eigenvalue weighted by Gasteiger charge is 2.52. The fraction of sp³-hybridized carbons (Fsp3) is 0.824. The molecule has 0 aromatic carbocycles. The second-order valence-corrected chi connectivity index (χ2v) is 6.55. The van der Waals surface area contributed by atoms with Crippen LogP contribution >= 0.6 is 0 Å². The topological polar surface area (TPSA) is 26.3 Å². The molecule has 0 radical (unpaired) electrons. The zero-order valence-corrected chi connectivity index (χ0v) is 12.7. The molecule has 0 aromatic heterocycles. The van der Waals surface area contributed by atoms with Gasteiger partial charge in [0.05, 0.1) is 0 Å². The Kier molecular flexibility index (Phi) is 4.37. The van der Waals surface area contributed by atoms with Gasteiger partial charge in [-0.3, -0.25) is 0 Å². The van der Waals surface area contributed by atoms with Gasteiger partial charge in [0, 0.05) is 5.57 Å². The molecule has 108 valence electrons. The predicted molar refractivity (Wildman–Crippen MR) is 77.8 cm³/mol. The van der Waals surface area contributed by atoms with Crippen molar-refractivity contribution in [2.45, 2.75) is 71.3 Å². The summed E-state index contributed by atoms with van der Waals surface area (Å²) in [5.41, 5.74) is 0.308. The molecule has 0 amide bonds.